The maximum Gasteiger partial charge on any atom is 0.411 e. The van der Waals surface area contributed by atoms with Crippen LogP contribution in [0.5, 0.6) is 0 Å². The van der Waals surface area contributed by atoms with E-state index in [0.29, 0.717) is 45.2 Å². The first-order chi connectivity index (χ1) is 20.4. The minimum Gasteiger partial charge on any atom is -0.453 e. The summed E-state index contributed by atoms with van der Waals surface area (Å²) >= 11 is 7.62. The lowest BCUT2D eigenvalue weighted by Gasteiger charge is -2.17. The van der Waals surface area contributed by atoms with Crippen LogP contribution in [-0.2, 0) is 16.0 Å². The van der Waals surface area contributed by atoms with Gasteiger partial charge in [-0.2, -0.15) is 9.78 Å². The molecule has 0 saturated carbocycles. The van der Waals surface area contributed by atoms with E-state index in [9.17, 15) is 14.4 Å². The standard InChI is InChI=1S/C27H22ClN9O4S/c1-41-27(40)31-19-6-2-16(3-7-19)21-12-23(33-34-26(21)39)22(11-20-13-42-15-29-20)32-25(38)9-4-17-10-18(28)5-8-24(17)37-14-30-35-36-37/h2-10,12-15,22H,11H2,1H3,(H,31,40)(H,32,38)(H,34,39). The third-order valence-electron chi connectivity index (χ3n) is 6.02. The van der Waals surface area contributed by atoms with Crippen LogP contribution in [0, 0.1) is 0 Å². The van der Waals surface area contributed by atoms with Crippen molar-refractivity contribution in [3.8, 4) is 16.8 Å². The van der Waals surface area contributed by atoms with Gasteiger partial charge in [0.15, 0.2) is 0 Å². The second kappa shape index (κ2) is 13.0. The van der Waals surface area contributed by atoms with Gasteiger partial charge in [0.25, 0.3) is 5.56 Å². The number of aromatic nitrogens is 7. The summed E-state index contributed by atoms with van der Waals surface area (Å²) in [6.45, 7) is 0. The van der Waals surface area contributed by atoms with Gasteiger partial charge in [-0.25, -0.2) is 14.9 Å². The molecule has 0 aliphatic heterocycles. The van der Waals surface area contributed by atoms with Crippen molar-refractivity contribution in [1.29, 1.82) is 0 Å². The number of halogens is 1. The van der Waals surface area contributed by atoms with E-state index in [1.807, 2.05) is 5.38 Å². The van der Waals surface area contributed by atoms with Crippen molar-refractivity contribution < 1.29 is 14.3 Å². The maximum atomic E-state index is 13.1. The van der Waals surface area contributed by atoms with Crippen LogP contribution in [0.3, 0.4) is 0 Å². The number of benzene rings is 2. The summed E-state index contributed by atoms with van der Waals surface area (Å²) in [5.74, 6) is -0.411. The number of thiazole rings is 1. The Bertz CT molecular complexity index is 1770. The minimum atomic E-state index is -0.626. The molecule has 5 aromatic rings. The zero-order chi connectivity index (χ0) is 29.5. The highest BCUT2D eigenvalue weighted by Crippen LogP contribution is 2.24. The highest BCUT2D eigenvalue weighted by atomic mass is 35.5. The van der Waals surface area contributed by atoms with Gasteiger partial charge in [-0.3, -0.25) is 14.9 Å². The summed E-state index contributed by atoms with van der Waals surface area (Å²) in [5.41, 5.74) is 5.13. The van der Waals surface area contributed by atoms with Gasteiger partial charge in [0, 0.05) is 34.2 Å². The molecule has 2 aromatic carbocycles. The third-order valence-corrected chi connectivity index (χ3v) is 6.89. The van der Waals surface area contributed by atoms with Crippen LogP contribution in [0.15, 0.2) is 76.6 Å². The van der Waals surface area contributed by atoms with E-state index >= 15 is 0 Å². The molecule has 15 heteroatoms. The summed E-state index contributed by atoms with van der Waals surface area (Å²) in [6.07, 6.45) is 4.13. The van der Waals surface area contributed by atoms with E-state index in [1.165, 1.54) is 35.5 Å². The topological polar surface area (TPSA) is 170 Å². The van der Waals surface area contributed by atoms with E-state index in [0.717, 1.165) is 5.69 Å². The molecule has 0 fully saturated rings. The molecular formula is C27H22ClN9O4S. The average Bonchev–Trinajstić information content (AvgIpc) is 3.72. The van der Waals surface area contributed by atoms with Crippen molar-refractivity contribution in [2.75, 3.05) is 12.4 Å². The number of carbonyl (C=O) groups excluding carboxylic acids is 2. The van der Waals surface area contributed by atoms with Gasteiger partial charge in [-0.05, 0) is 58.5 Å². The fourth-order valence-electron chi connectivity index (χ4n) is 4.02. The van der Waals surface area contributed by atoms with Gasteiger partial charge < -0.3 is 10.1 Å². The summed E-state index contributed by atoms with van der Waals surface area (Å²) in [6, 6.07) is 12.8. The second-order valence-corrected chi connectivity index (χ2v) is 9.92. The van der Waals surface area contributed by atoms with Crippen molar-refractivity contribution in [2.24, 2.45) is 0 Å². The zero-order valence-electron chi connectivity index (χ0n) is 21.9. The van der Waals surface area contributed by atoms with Crippen molar-refractivity contribution in [3.05, 3.63) is 104 Å². The fraction of sp³-hybridized carbons (Fsp3) is 0.111. The van der Waals surface area contributed by atoms with Crippen LogP contribution in [0.25, 0.3) is 22.9 Å². The van der Waals surface area contributed by atoms with Crippen LogP contribution >= 0.6 is 22.9 Å². The molecule has 3 heterocycles. The van der Waals surface area contributed by atoms with Gasteiger partial charge in [-0.15, -0.1) is 16.4 Å². The highest BCUT2D eigenvalue weighted by Gasteiger charge is 2.19. The molecule has 1 atom stereocenters. The monoisotopic (exact) mass is 603 g/mol. The van der Waals surface area contributed by atoms with Crippen molar-refractivity contribution in [1.82, 2.24) is 40.7 Å². The van der Waals surface area contributed by atoms with Crippen LogP contribution in [0.1, 0.15) is 23.0 Å². The normalized spacial score (nSPS) is 11.8. The molecule has 3 aromatic heterocycles. The van der Waals surface area contributed by atoms with E-state index in [-0.39, 0.29) is 0 Å². The number of hydrogen-bond donors (Lipinski definition) is 3. The zero-order valence-corrected chi connectivity index (χ0v) is 23.5. The van der Waals surface area contributed by atoms with Gasteiger partial charge in [0.2, 0.25) is 5.91 Å². The van der Waals surface area contributed by atoms with E-state index < -0.39 is 23.6 Å². The van der Waals surface area contributed by atoms with Crippen LogP contribution in [-0.4, -0.2) is 54.5 Å². The highest BCUT2D eigenvalue weighted by molar-refractivity contribution is 7.07. The molecular weight excluding hydrogens is 582 g/mol. The molecule has 13 nitrogen and oxygen atoms in total. The molecule has 5 rings (SSSR count). The first-order valence-corrected chi connectivity index (χ1v) is 13.7. The molecule has 0 spiro atoms. The Labute approximate surface area is 247 Å². The van der Waals surface area contributed by atoms with E-state index in [4.69, 9.17) is 11.6 Å². The number of rotatable bonds is 9. The fourth-order valence-corrected chi connectivity index (χ4v) is 4.77. The Morgan fingerprint density at radius 2 is 2.02 bits per heavy atom. The number of carbonyl (C=O) groups is 2. The van der Waals surface area contributed by atoms with E-state index in [1.54, 1.807) is 60.1 Å². The molecule has 42 heavy (non-hydrogen) atoms. The lowest BCUT2D eigenvalue weighted by molar-refractivity contribution is -0.117. The van der Waals surface area contributed by atoms with Gasteiger partial charge in [-0.1, -0.05) is 23.7 Å². The predicted octanol–water partition coefficient (Wildman–Crippen LogP) is 3.81. The number of nitrogens with zero attached hydrogens (tertiary/aromatic N) is 6. The molecule has 0 radical (unpaired) electrons. The Kier molecular flexibility index (Phi) is 8.75. The number of methoxy groups -OCH3 is 1. The van der Waals surface area contributed by atoms with E-state index in [2.05, 4.69) is 46.1 Å². The Hall–Kier alpha value is -5.21. The lowest BCUT2D eigenvalue weighted by Crippen LogP contribution is -2.30. The molecule has 0 bridgehead atoms. The predicted molar refractivity (Wildman–Crippen MR) is 156 cm³/mol. The first-order valence-electron chi connectivity index (χ1n) is 12.3. The minimum absolute atomic E-state index is 0.330. The number of hydrogen-bond acceptors (Lipinski definition) is 10. The SMILES string of the molecule is COC(=O)Nc1ccc(-c2cc(C(Cc3cscn3)NC(=O)C=Cc3cc(Cl)ccc3-n3cnnn3)n[nH]c2=O)cc1. The molecule has 2 amide bonds. The number of amides is 2. The lowest BCUT2D eigenvalue weighted by atomic mass is 10.0. The largest absolute Gasteiger partial charge is 0.453 e. The van der Waals surface area contributed by atoms with Crippen molar-refractivity contribution in [2.45, 2.75) is 12.5 Å². The molecule has 212 valence electrons. The Morgan fingerprint density at radius 1 is 1.19 bits per heavy atom. The van der Waals surface area contributed by atoms with Crippen LogP contribution in [0.4, 0.5) is 10.5 Å². The summed E-state index contributed by atoms with van der Waals surface area (Å²) in [5, 5.41) is 25.8. The summed E-state index contributed by atoms with van der Waals surface area (Å²) < 4.78 is 6.06. The number of tetrazole rings is 1. The molecule has 3 N–H and O–H groups in total. The quantitative estimate of drug-likeness (QED) is 0.212. The number of aromatic amines is 1. The number of H-pyrrole nitrogens is 1. The smallest absolute Gasteiger partial charge is 0.411 e. The molecule has 0 saturated heterocycles. The third kappa shape index (κ3) is 6.92. The number of nitrogens with one attached hydrogen (secondary N) is 3. The van der Waals surface area contributed by atoms with Gasteiger partial charge >= 0.3 is 6.09 Å². The number of ether oxygens (including phenoxy) is 1. The molecule has 1 unspecified atom stereocenters. The Balaban J connectivity index is 1.41. The molecule has 0 aliphatic rings. The van der Waals surface area contributed by atoms with Gasteiger partial charge in [0.05, 0.1) is 41.3 Å². The Morgan fingerprint density at radius 3 is 2.74 bits per heavy atom. The van der Waals surface area contributed by atoms with Gasteiger partial charge in [0.1, 0.15) is 6.33 Å². The van der Waals surface area contributed by atoms with Crippen LogP contribution < -0.4 is 16.2 Å². The average molecular weight is 604 g/mol. The number of anilines is 1. The molecule has 0 aliphatic carbocycles. The first kappa shape index (κ1) is 28.3. The van der Waals surface area contributed by atoms with Crippen LogP contribution in [0.2, 0.25) is 5.02 Å². The summed E-state index contributed by atoms with van der Waals surface area (Å²) in [4.78, 5) is 41.7. The second-order valence-electron chi connectivity index (χ2n) is 8.77. The maximum absolute atomic E-state index is 13.1. The van der Waals surface area contributed by atoms with Crippen molar-refractivity contribution >= 4 is 46.7 Å². The summed E-state index contributed by atoms with van der Waals surface area (Å²) in [7, 11) is 1.27. The van der Waals surface area contributed by atoms with Crippen molar-refractivity contribution in [3.63, 3.8) is 0 Å².